The molecule has 0 fully saturated rings. The van der Waals surface area contributed by atoms with Gasteiger partial charge in [-0.1, -0.05) is 49.9 Å². The zero-order chi connectivity index (χ0) is 30.1. The number of aryl methyl sites for hydroxylation is 1. The van der Waals surface area contributed by atoms with Gasteiger partial charge in [-0.15, -0.1) is 0 Å². The summed E-state index contributed by atoms with van der Waals surface area (Å²) in [5.41, 5.74) is 5.92. The summed E-state index contributed by atoms with van der Waals surface area (Å²) in [7, 11) is 0. The molecular weight excluding hydrogens is 540 g/mol. The van der Waals surface area contributed by atoms with Crippen molar-refractivity contribution in [3.05, 3.63) is 125 Å². The number of hydrogen-bond donors (Lipinski definition) is 3. The standard InChI is InChI=1S/C34H32N6O3/c1-4-30(41)36-26-13-14-27-23(17-26)9-6-10-24(27)19-40-32-22(3)18-39(34(43)29-12-7-15-35-29)20-28(32)31(38-40)33(42)37-25-11-5-8-21(2)16-25/h4-17,22,35H,1,18-20H2,2-3H3,(H,36,41)(H,37,42). The highest BCUT2D eigenvalue weighted by Crippen LogP contribution is 2.33. The van der Waals surface area contributed by atoms with Gasteiger partial charge in [-0.3, -0.25) is 19.1 Å². The molecule has 216 valence electrons. The van der Waals surface area contributed by atoms with E-state index >= 15 is 0 Å². The highest BCUT2D eigenvalue weighted by molar-refractivity contribution is 6.04. The normalized spacial score (nSPS) is 14.3. The predicted molar refractivity (Wildman–Crippen MR) is 167 cm³/mol. The van der Waals surface area contributed by atoms with Gasteiger partial charge >= 0.3 is 0 Å². The summed E-state index contributed by atoms with van der Waals surface area (Å²) >= 11 is 0. The Morgan fingerprint density at radius 3 is 2.60 bits per heavy atom. The Bertz CT molecular complexity index is 1870. The monoisotopic (exact) mass is 572 g/mol. The van der Waals surface area contributed by atoms with E-state index in [4.69, 9.17) is 5.10 Å². The molecule has 3 aromatic carbocycles. The number of carbonyl (C=O) groups excluding carboxylic acids is 3. The Morgan fingerprint density at radius 1 is 1.02 bits per heavy atom. The summed E-state index contributed by atoms with van der Waals surface area (Å²) < 4.78 is 1.91. The third-order valence-corrected chi connectivity index (χ3v) is 7.75. The van der Waals surface area contributed by atoms with Crippen LogP contribution in [-0.4, -0.2) is 43.9 Å². The molecule has 43 heavy (non-hydrogen) atoms. The number of rotatable bonds is 7. The second-order valence-electron chi connectivity index (χ2n) is 10.9. The van der Waals surface area contributed by atoms with Crippen LogP contribution in [0.25, 0.3) is 10.8 Å². The SMILES string of the molecule is C=CC(=O)Nc1ccc2c(Cn3nc(C(=O)Nc4cccc(C)c4)c4c3C(C)CN(C(=O)c3ccc[nH]3)C4)cccc2c1. The number of aromatic amines is 1. The number of carbonyl (C=O) groups is 3. The first kappa shape index (κ1) is 27.7. The lowest BCUT2D eigenvalue weighted by Gasteiger charge is -2.32. The highest BCUT2D eigenvalue weighted by atomic mass is 16.2. The Labute approximate surface area is 249 Å². The summed E-state index contributed by atoms with van der Waals surface area (Å²) in [6.07, 6.45) is 2.97. The van der Waals surface area contributed by atoms with Crippen LogP contribution in [0.4, 0.5) is 11.4 Å². The average molecular weight is 573 g/mol. The highest BCUT2D eigenvalue weighted by Gasteiger charge is 2.34. The first-order valence-electron chi connectivity index (χ1n) is 14.2. The van der Waals surface area contributed by atoms with Gasteiger partial charge in [0.1, 0.15) is 5.69 Å². The maximum absolute atomic E-state index is 13.7. The molecule has 1 aliphatic heterocycles. The number of H-pyrrole nitrogens is 1. The Kier molecular flexibility index (Phi) is 7.38. The van der Waals surface area contributed by atoms with Crippen LogP contribution in [0.3, 0.4) is 0 Å². The molecule has 0 spiro atoms. The van der Waals surface area contributed by atoms with Crippen molar-refractivity contribution in [1.82, 2.24) is 19.7 Å². The fourth-order valence-electron chi connectivity index (χ4n) is 5.82. The molecule has 0 aliphatic carbocycles. The molecule has 1 unspecified atom stereocenters. The summed E-state index contributed by atoms with van der Waals surface area (Å²) in [6.45, 7) is 8.75. The van der Waals surface area contributed by atoms with E-state index in [0.717, 1.165) is 33.2 Å². The predicted octanol–water partition coefficient (Wildman–Crippen LogP) is 5.86. The second kappa shape index (κ2) is 11.4. The smallest absolute Gasteiger partial charge is 0.276 e. The lowest BCUT2D eigenvalue weighted by molar-refractivity contribution is -0.111. The Hall–Kier alpha value is -5.44. The zero-order valence-corrected chi connectivity index (χ0v) is 24.1. The molecule has 0 saturated carbocycles. The van der Waals surface area contributed by atoms with Gasteiger partial charge < -0.3 is 20.5 Å². The van der Waals surface area contributed by atoms with E-state index in [9.17, 15) is 14.4 Å². The van der Waals surface area contributed by atoms with E-state index < -0.39 is 0 Å². The minimum Gasteiger partial charge on any atom is -0.357 e. The minimum atomic E-state index is -0.317. The molecule has 3 N–H and O–H groups in total. The average Bonchev–Trinajstić information content (AvgIpc) is 3.66. The van der Waals surface area contributed by atoms with E-state index in [-0.39, 0.29) is 30.2 Å². The number of fused-ring (bicyclic) bond motifs is 2. The number of nitrogens with zero attached hydrogens (tertiary/aromatic N) is 3. The fraction of sp³-hybridized carbons (Fsp3) is 0.176. The van der Waals surface area contributed by atoms with E-state index in [1.54, 1.807) is 23.2 Å². The largest absolute Gasteiger partial charge is 0.357 e. The van der Waals surface area contributed by atoms with Gasteiger partial charge in [0.05, 0.1) is 13.1 Å². The first-order chi connectivity index (χ1) is 20.8. The van der Waals surface area contributed by atoms with Crippen molar-refractivity contribution < 1.29 is 14.4 Å². The molecule has 0 saturated heterocycles. The molecule has 9 heteroatoms. The van der Waals surface area contributed by atoms with Gasteiger partial charge in [-0.25, -0.2) is 0 Å². The van der Waals surface area contributed by atoms with Crippen LogP contribution in [0.2, 0.25) is 0 Å². The molecule has 3 amide bonds. The number of amides is 3. The van der Waals surface area contributed by atoms with E-state index in [1.807, 2.05) is 72.3 Å². The molecule has 1 aliphatic rings. The van der Waals surface area contributed by atoms with Gasteiger partial charge in [0, 0.05) is 41.3 Å². The topological polar surface area (TPSA) is 112 Å². The van der Waals surface area contributed by atoms with E-state index in [1.165, 1.54) is 6.08 Å². The summed E-state index contributed by atoms with van der Waals surface area (Å²) in [4.78, 5) is 43.6. The van der Waals surface area contributed by atoms with Crippen LogP contribution in [0.1, 0.15) is 56.2 Å². The van der Waals surface area contributed by atoms with Gasteiger partial charge in [0.2, 0.25) is 5.91 Å². The van der Waals surface area contributed by atoms with Crippen molar-refractivity contribution in [2.24, 2.45) is 0 Å². The molecule has 1 atom stereocenters. The van der Waals surface area contributed by atoms with E-state index in [0.29, 0.717) is 35.9 Å². The molecule has 3 heterocycles. The lowest BCUT2D eigenvalue weighted by Crippen LogP contribution is -2.38. The van der Waals surface area contributed by atoms with Crippen LogP contribution in [0.15, 0.2) is 91.6 Å². The van der Waals surface area contributed by atoms with Gasteiger partial charge in [-0.2, -0.15) is 5.10 Å². The zero-order valence-electron chi connectivity index (χ0n) is 24.1. The number of hydrogen-bond acceptors (Lipinski definition) is 4. The van der Waals surface area contributed by atoms with Crippen LogP contribution < -0.4 is 10.6 Å². The number of aromatic nitrogens is 3. The van der Waals surface area contributed by atoms with Crippen molar-refractivity contribution in [3.63, 3.8) is 0 Å². The fourth-order valence-corrected chi connectivity index (χ4v) is 5.82. The maximum Gasteiger partial charge on any atom is 0.276 e. The van der Waals surface area contributed by atoms with Gasteiger partial charge in [-0.05, 0) is 71.3 Å². The van der Waals surface area contributed by atoms with Crippen molar-refractivity contribution >= 4 is 39.9 Å². The van der Waals surface area contributed by atoms with Crippen LogP contribution >= 0.6 is 0 Å². The molecule has 0 bridgehead atoms. The summed E-state index contributed by atoms with van der Waals surface area (Å²) in [5, 5.41) is 12.7. The lowest BCUT2D eigenvalue weighted by atomic mass is 9.95. The third kappa shape index (κ3) is 5.57. The van der Waals surface area contributed by atoms with Crippen LogP contribution in [0, 0.1) is 6.92 Å². The van der Waals surface area contributed by atoms with Crippen molar-refractivity contribution in [2.45, 2.75) is 32.9 Å². The Balaban J connectivity index is 1.38. The molecule has 9 nitrogen and oxygen atoms in total. The van der Waals surface area contributed by atoms with Crippen LogP contribution in [0.5, 0.6) is 0 Å². The molecule has 0 radical (unpaired) electrons. The molecule has 2 aromatic heterocycles. The van der Waals surface area contributed by atoms with Crippen molar-refractivity contribution in [3.8, 4) is 0 Å². The van der Waals surface area contributed by atoms with Gasteiger partial charge in [0.15, 0.2) is 5.69 Å². The van der Waals surface area contributed by atoms with E-state index in [2.05, 4.69) is 29.1 Å². The summed E-state index contributed by atoms with van der Waals surface area (Å²) in [5.74, 6) is -0.768. The minimum absolute atomic E-state index is 0.0635. The maximum atomic E-state index is 13.7. The van der Waals surface area contributed by atoms with Crippen LogP contribution in [-0.2, 0) is 17.9 Å². The molecular formula is C34H32N6O3. The van der Waals surface area contributed by atoms with Crippen molar-refractivity contribution in [1.29, 1.82) is 0 Å². The first-order valence-corrected chi connectivity index (χ1v) is 14.2. The second-order valence-corrected chi connectivity index (χ2v) is 10.9. The number of nitrogens with one attached hydrogen (secondary N) is 3. The molecule has 5 aromatic rings. The molecule has 6 rings (SSSR count). The van der Waals surface area contributed by atoms with Gasteiger partial charge in [0.25, 0.3) is 11.8 Å². The Morgan fingerprint density at radius 2 is 1.84 bits per heavy atom. The van der Waals surface area contributed by atoms with Crippen molar-refractivity contribution in [2.75, 3.05) is 17.2 Å². The third-order valence-electron chi connectivity index (χ3n) is 7.75. The summed E-state index contributed by atoms with van der Waals surface area (Å²) in [6, 6.07) is 22.9. The number of anilines is 2. The number of benzene rings is 3. The quantitative estimate of drug-likeness (QED) is 0.212.